The number of carbonyl (C=O) groups excluding carboxylic acids is 1. The summed E-state index contributed by atoms with van der Waals surface area (Å²) >= 11 is 0. The number of benzene rings is 2. The molecule has 3 rings (SSSR count). The Kier molecular flexibility index (Phi) is 3.34. The summed E-state index contributed by atoms with van der Waals surface area (Å²) in [5.74, 6) is -0.324. The largest absolute Gasteiger partial charge is 0.506 e. The van der Waals surface area contributed by atoms with Gasteiger partial charge in [0.2, 0.25) is 0 Å². The van der Waals surface area contributed by atoms with Crippen molar-refractivity contribution in [3.8, 4) is 11.4 Å². The van der Waals surface area contributed by atoms with Crippen molar-refractivity contribution in [2.45, 2.75) is 6.92 Å². The molecule has 0 aliphatic heterocycles. The van der Waals surface area contributed by atoms with Crippen molar-refractivity contribution < 1.29 is 9.90 Å². The Hall–Kier alpha value is -3.15. The first-order valence-corrected chi connectivity index (χ1v) is 6.67. The van der Waals surface area contributed by atoms with Gasteiger partial charge in [0.15, 0.2) is 0 Å². The first kappa shape index (κ1) is 13.8. The van der Waals surface area contributed by atoms with Gasteiger partial charge in [-0.3, -0.25) is 4.79 Å². The zero-order valence-corrected chi connectivity index (χ0v) is 11.9. The number of hydrogen-bond acceptors (Lipinski definition) is 4. The molecule has 0 aliphatic carbocycles. The summed E-state index contributed by atoms with van der Waals surface area (Å²) in [5, 5.41) is 21.4. The van der Waals surface area contributed by atoms with E-state index in [1.165, 1.54) is 10.9 Å². The van der Waals surface area contributed by atoms with E-state index >= 15 is 0 Å². The maximum Gasteiger partial charge on any atom is 0.250 e. The molecule has 1 heterocycles. The van der Waals surface area contributed by atoms with Crippen LogP contribution in [0, 0.1) is 0 Å². The van der Waals surface area contributed by atoms with Crippen LogP contribution in [0.3, 0.4) is 0 Å². The predicted octanol–water partition coefficient (Wildman–Crippen LogP) is 2.64. The van der Waals surface area contributed by atoms with Crippen LogP contribution < -0.4 is 5.32 Å². The second-order valence-corrected chi connectivity index (χ2v) is 4.92. The molecule has 0 bridgehead atoms. The number of hydrogen-bond donors (Lipinski definition) is 2. The molecule has 1 aromatic heterocycles. The minimum Gasteiger partial charge on any atom is -0.506 e. The zero-order chi connectivity index (χ0) is 15.7. The summed E-state index contributed by atoms with van der Waals surface area (Å²) in [7, 11) is 0. The van der Waals surface area contributed by atoms with Gasteiger partial charge in [-0.15, -0.1) is 15.0 Å². The molecular weight excluding hydrogens is 280 g/mol. The maximum atomic E-state index is 11.6. The summed E-state index contributed by atoms with van der Waals surface area (Å²) in [6.45, 7) is 5.18. The lowest BCUT2D eigenvalue weighted by Gasteiger charge is -2.08. The van der Waals surface area contributed by atoms with Crippen LogP contribution >= 0.6 is 0 Å². The first-order chi connectivity index (χ1) is 10.5. The van der Waals surface area contributed by atoms with E-state index < -0.39 is 0 Å². The third-order valence-corrected chi connectivity index (χ3v) is 3.12. The van der Waals surface area contributed by atoms with Crippen molar-refractivity contribution in [1.82, 2.24) is 15.0 Å². The van der Waals surface area contributed by atoms with Crippen LogP contribution in [0.1, 0.15) is 6.92 Å². The third kappa shape index (κ3) is 2.54. The molecule has 0 fully saturated rings. The van der Waals surface area contributed by atoms with E-state index in [-0.39, 0.29) is 11.7 Å². The first-order valence-electron chi connectivity index (χ1n) is 6.67. The number of aromatic nitrogens is 3. The average Bonchev–Trinajstić information content (AvgIpc) is 2.90. The number of anilines is 1. The lowest BCUT2D eigenvalue weighted by molar-refractivity contribution is -0.112. The summed E-state index contributed by atoms with van der Waals surface area (Å²) in [5.41, 5.74) is 2.78. The number of phenols is 1. The van der Waals surface area contributed by atoms with E-state index in [0.717, 1.165) is 11.0 Å². The molecule has 6 heteroatoms. The van der Waals surface area contributed by atoms with Crippen molar-refractivity contribution in [2.75, 3.05) is 5.32 Å². The molecule has 0 saturated carbocycles. The number of rotatable bonds is 3. The van der Waals surface area contributed by atoms with Gasteiger partial charge in [-0.2, -0.15) is 0 Å². The number of carbonyl (C=O) groups is 1. The van der Waals surface area contributed by atoms with Gasteiger partial charge >= 0.3 is 0 Å². The molecule has 0 saturated heterocycles. The number of fused-ring (bicyclic) bond motifs is 1. The molecule has 0 unspecified atom stereocenters. The van der Waals surface area contributed by atoms with Gasteiger partial charge in [-0.1, -0.05) is 18.7 Å². The van der Waals surface area contributed by atoms with Crippen molar-refractivity contribution in [3.63, 3.8) is 0 Å². The number of amides is 1. The lowest BCUT2D eigenvalue weighted by atomic mass is 10.2. The maximum absolute atomic E-state index is 11.6. The van der Waals surface area contributed by atoms with E-state index in [2.05, 4.69) is 22.1 Å². The van der Waals surface area contributed by atoms with Gasteiger partial charge in [0.05, 0.1) is 0 Å². The normalized spacial score (nSPS) is 10.6. The Morgan fingerprint density at radius 3 is 2.36 bits per heavy atom. The summed E-state index contributed by atoms with van der Waals surface area (Å²) < 4.78 is 0. The average molecular weight is 294 g/mol. The topological polar surface area (TPSA) is 80.0 Å². The molecule has 3 aromatic rings. The third-order valence-electron chi connectivity index (χ3n) is 3.12. The van der Waals surface area contributed by atoms with Gasteiger partial charge in [0.25, 0.3) is 5.91 Å². The molecule has 2 aromatic carbocycles. The second-order valence-electron chi connectivity index (χ2n) is 4.92. The van der Waals surface area contributed by atoms with Gasteiger partial charge in [-0.25, -0.2) is 0 Å². The molecule has 0 radical (unpaired) electrons. The Labute approximate surface area is 126 Å². The van der Waals surface area contributed by atoms with Crippen molar-refractivity contribution >= 4 is 22.6 Å². The standard InChI is InChI=1S/C16H14N4O2/c1-10(2)16(22)17-11-7-8-14(15(21)9-11)20-18-12-5-3-4-6-13(12)19-20/h3-9,21H,1H2,2H3,(H,17,22). The molecule has 22 heavy (non-hydrogen) atoms. The van der Waals surface area contributed by atoms with E-state index in [1.807, 2.05) is 24.3 Å². The summed E-state index contributed by atoms with van der Waals surface area (Å²) in [4.78, 5) is 12.9. The van der Waals surface area contributed by atoms with Crippen molar-refractivity contribution in [2.24, 2.45) is 0 Å². The van der Waals surface area contributed by atoms with Crippen LogP contribution in [0.4, 0.5) is 5.69 Å². The Morgan fingerprint density at radius 2 is 1.82 bits per heavy atom. The summed E-state index contributed by atoms with van der Waals surface area (Å²) in [6, 6.07) is 12.2. The smallest absolute Gasteiger partial charge is 0.250 e. The van der Waals surface area contributed by atoms with Crippen LogP contribution in [-0.2, 0) is 4.79 Å². The fourth-order valence-electron chi connectivity index (χ4n) is 1.98. The second kappa shape index (κ2) is 5.33. The molecule has 0 spiro atoms. The zero-order valence-electron chi connectivity index (χ0n) is 11.9. The van der Waals surface area contributed by atoms with Crippen LogP contribution in [0.15, 0.2) is 54.6 Å². The highest BCUT2D eigenvalue weighted by atomic mass is 16.3. The minimum atomic E-state index is -0.296. The van der Waals surface area contributed by atoms with Gasteiger partial charge in [0.1, 0.15) is 22.5 Å². The SMILES string of the molecule is C=C(C)C(=O)Nc1ccc(-n2nc3ccccc3n2)c(O)c1. The van der Waals surface area contributed by atoms with Crippen LogP contribution in [0.5, 0.6) is 5.75 Å². The highest BCUT2D eigenvalue weighted by Gasteiger charge is 2.10. The Morgan fingerprint density at radius 1 is 1.18 bits per heavy atom. The number of phenolic OH excluding ortho intramolecular Hbond substituents is 1. The number of aromatic hydroxyl groups is 1. The molecule has 0 atom stereocenters. The molecule has 110 valence electrons. The lowest BCUT2D eigenvalue weighted by Crippen LogP contribution is -2.11. The molecule has 1 amide bonds. The van der Waals surface area contributed by atoms with Crippen LogP contribution in [0.2, 0.25) is 0 Å². The van der Waals surface area contributed by atoms with E-state index in [9.17, 15) is 9.90 Å². The highest BCUT2D eigenvalue weighted by molar-refractivity contribution is 6.02. The fraction of sp³-hybridized carbons (Fsp3) is 0.0625. The number of nitrogens with zero attached hydrogens (tertiary/aromatic N) is 3. The van der Waals surface area contributed by atoms with Crippen molar-refractivity contribution in [1.29, 1.82) is 0 Å². The fourth-order valence-corrected chi connectivity index (χ4v) is 1.98. The van der Waals surface area contributed by atoms with E-state index in [0.29, 0.717) is 16.9 Å². The van der Waals surface area contributed by atoms with Gasteiger partial charge in [-0.05, 0) is 31.2 Å². The molecular formula is C16H14N4O2. The van der Waals surface area contributed by atoms with Crippen LogP contribution in [0.25, 0.3) is 16.7 Å². The minimum absolute atomic E-state index is 0.0279. The molecule has 2 N–H and O–H groups in total. The molecule has 6 nitrogen and oxygen atoms in total. The summed E-state index contributed by atoms with van der Waals surface area (Å²) in [6.07, 6.45) is 0. The quantitative estimate of drug-likeness (QED) is 0.728. The van der Waals surface area contributed by atoms with E-state index in [4.69, 9.17) is 0 Å². The van der Waals surface area contributed by atoms with Crippen LogP contribution in [-0.4, -0.2) is 26.0 Å². The van der Waals surface area contributed by atoms with Crippen molar-refractivity contribution in [3.05, 3.63) is 54.6 Å². The van der Waals surface area contributed by atoms with Gasteiger partial charge in [0, 0.05) is 17.3 Å². The number of nitrogens with one attached hydrogen (secondary N) is 1. The van der Waals surface area contributed by atoms with E-state index in [1.54, 1.807) is 19.1 Å². The monoisotopic (exact) mass is 294 g/mol. The Balaban J connectivity index is 1.95. The Bertz CT molecular complexity index is 850. The highest BCUT2D eigenvalue weighted by Crippen LogP contribution is 2.25. The van der Waals surface area contributed by atoms with Gasteiger partial charge < -0.3 is 10.4 Å². The molecule has 0 aliphatic rings. The predicted molar refractivity (Wildman–Crippen MR) is 84.0 cm³/mol.